The zero-order chi connectivity index (χ0) is 24.1. The summed E-state index contributed by atoms with van der Waals surface area (Å²) < 4.78 is 49.3. The molecule has 4 rings (SSSR count). The van der Waals surface area contributed by atoms with Gasteiger partial charge in [-0.25, -0.2) is 9.67 Å². The second-order valence-electron chi connectivity index (χ2n) is 6.88. The fourth-order valence-corrected chi connectivity index (χ4v) is 3.43. The molecule has 0 saturated carbocycles. The van der Waals surface area contributed by atoms with E-state index in [0.717, 1.165) is 7.11 Å². The topological polar surface area (TPSA) is 122 Å². The molecule has 0 aliphatic carbocycles. The molecule has 0 radical (unpaired) electrons. The number of rotatable bonds is 6. The van der Waals surface area contributed by atoms with Crippen LogP contribution in [0.25, 0.3) is 0 Å². The molecule has 1 aromatic heterocycles. The van der Waals surface area contributed by atoms with Gasteiger partial charge in [-0.1, -0.05) is 23.2 Å². The summed E-state index contributed by atoms with van der Waals surface area (Å²) in [6.45, 7) is 2.76. The first-order chi connectivity index (χ1) is 15.6. The van der Waals surface area contributed by atoms with Gasteiger partial charge in [0.25, 0.3) is 0 Å². The van der Waals surface area contributed by atoms with Gasteiger partial charge in [0, 0.05) is 10.6 Å². The van der Waals surface area contributed by atoms with Crippen molar-refractivity contribution < 1.29 is 31.4 Å². The first-order valence-electron chi connectivity index (χ1n) is 9.51. The van der Waals surface area contributed by atoms with Crippen molar-refractivity contribution in [2.75, 3.05) is 13.7 Å². The number of ether oxygens (including phenoxy) is 3. The van der Waals surface area contributed by atoms with Crippen molar-refractivity contribution in [3.63, 3.8) is 0 Å². The highest BCUT2D eigenvalue weighted by Gasteiger charge is 2.44. The van der Waals surface area contributed by atoms with Crippen molar-refractivity contribution in [3.8, 4) is 11.5 Å². The Morgan fingerprint density at radius 3 is 2.39 bits per heavy atom. The van der Waals surface area contributed by atoms with Gasteiger partial charge in [-0.15, -0.1) is 0 Å². The molecule has 1 fully saturated rings. The molecule has 2 atom stereocenters. The predicted octanol–water partition coefficient (Wildman–Crippen LogP) is 4.10. The highest BCUT2D eigenvalue weighted by Crippen LogP contribution is 2.41. The number of hydrogen-bond donors (Lipinski definition) is 1. The lowest BCUT2D eigenvalue weighted by molar-refractivity contribution is -0.186. The summed E-state index contributed by atoms with van der Waals surface area (Å²) in [5.74, 6) is 0.249. The quantitative estimate of drug-likeness (QED) is 0.481. The monoisotopic (exact) mass is 517 g/mol. The minimum absolute atomic E-state index is 0.0606. The lowest BCUT2D eigenvalue weighted by Crippen LogP contribution is -2.34. The largest absolute Gasteiger partial charge is 0.457 e. The van der Waals surface area contributed by atoms with E-state index in [-0.39, 0.29) is 6.10 Å². The van der Waals surface area contributed by atoms with E-state index >= 15 is 0 Å². The Kier molecular flexibility index (Phi) is 8.29. The fourth-order valence-electron chi connectivity index (χ4n) is 2.99. The molecule has 1 aliphatic heterocycles. The summed E-state index contributed by atoms with van der Waals surface area (Å²) in [5.41, 5.74) is 0.715. The van der Waals surface area contributed by atoms with E-state index in [4.69, 9.17) is 42.0 Å². The average molecular weight is 518 g/mol. The first kappa shape index (κ1) is 25.4. The standard InChI is InChI=1S/C19H17Cl2N3O3.CH4O4S/c1-13-9-25-19(27-13,10-24-12-22-11-23-24)17-7-6-16(8-18(17)21)26-15-4-2-14(20)3-5-15;1-5-6(2,3)4/h2-8,11-13H,9-10H2,1H3;1H3,(H,2,3,4)/t13-,19-;/m0./s1. The minimum Gasteiger partial charge on any atom is -0.457 e. The van der Waals surface area contributed by atoms with Crippen LogP contribution in [-0.2, 0) is 36.4 Å². The molecule has 0 unspecified atom stereocenters. The maximum atomic E-state index is 9.33. The van der Waals surface area contributed by atoms with Crippen LogP contribution in [0.4, 0.5) is 0 Å². The predicted molar refractivity (Wildman–Crippen MR) is 120 cm³/mol. The summed E-state index contributed by atoms with van der Waals surface area (Å²) in [4.78, 5) is 3.98. The van der Waals surface area contributed by atoms with Crippen LogP contribution in [0.3, 0.4) is 0 Å². The molecule has 3 aromatic rings. The van der Waals surface area contributed by atoms with Gasteiger partial charge in [0.05, 0.1) is 24.8 Å². The van der Waals surface area contributed by atoms with Gasteiger partial charge in [-0.05, 0) is 49.4 Å². The Balaban J connectivity index is 0.000000454. The second-order valence-corrected chi connectivity index (χ2v) is 8.91. The van der Waals surface area contributed by atoms with Gasteiger partial charge in [-0.2, -0.15) is 13.5 Å². The molecular formula is C20H21Cl2N3O7S. The van der Waals surface area contributed by atoms with Crippen LogP contribution in [0.15, 0.2) is 55.1 Å². The zero-order valence-electron chi connectivity index (χ0n) is 17.6. The molecule has 178 valence electrons. The lowest BCUT2D eigenvalue weighted by Gasteiger charge is -2.29. The third-order valence-electron chi connectivity index (χ3n) is 4.39. The Morgan fingerprint density at radius 1 is 1.21 bits per heavy atom. The summed E-state index contributed by atoms with van der Waals surface area (Å²) in [6, 6.07) is 12.5. The van der Waals surface area contributed by atoms with Gasteiger partial charge in [0.15, 0.2) is 0 Å². The number of benzene rings is 2. The molecule has 1 saturated heterocycles. The Hall–Kier alpha value is -2.25. The maximum absolute atomic E-state index is 9.33. The van der Waals surface area contributed by atoms with Crippen molar-refractivity contribution >= 4 is 33.6 Å². The van der Waals surface area contributed by atoms with E-state index < -0.39 is 16.2 Å². The van der Waals surface area contributed by atoms with E-state index in [9.17, 15) is 8.42 Å². The Morgan fingerprint density at radius 2 is 1.88 bits per heavy atom. The summed E-state index contributed by atoms with van der Waals surface area (Å²) in [6.07, 6.45) is 3.02. The molecule has 33 heavy (non-hydrogen) atoms. The lowest BCUT2D eigenvalue weighted by atomic mass is 10.1. The molecule has 0 amide bonds. The molecule has 2 aromatic carbocycles. The normalized spacial score (nSPS) is 20.2. The fraction of sp³-hybridized carbons (Fsp3) is 0.300. The van der Waals surface area contributed by atoms with E-state index in [1.807, 2.05) is 19.1 Å². The van der Waals surface area contributed by atoms with E-state index in [0.29, 0.717) is 40.3 Å². The van der Waals surface area contributed by atoms with Crippen LogP contribution < -0.4 is 4.74 Å². The van der Waals surface area contributed by atoms with Gasteiger partial charge >= 0.3 is 10.4 Å². The Labute approximate surface area is 200 Å². The van der Waals surface area contributed by atoms with E-state index in [2.05, 4.69) is 14.3 Å². The highest BCUT2D eigenvalue weighted by molar-refractivity contribution is 7.80. The van der Waals surface area contributed by atoms with Gasteiger partial charge in [0.1, 0.15) is 30.7 Å². The maximum Gasteiger partial charge on any atom is 0.397 e. The number of aromatic nitrogens is 3. The van der Waals surface area contributed by atoms with Gasteiger partial charge < -0.3 is 14.2 Å². The van der Waals surface area contributed by atoms with E-state index in [1.54, 1.807) is 41.3 Å². The summed E-state index contributed by atoms with van der Waals surface area (Å²) in [5, 5.41) is 5.28. The van der Waals surface area contributed by atoms with Crippen molar-refractivity contribution in [2.45, 2.75) is 25.4 Å². The number of nitrogens with zero attached hydrogens (tertiary/aromatic N) is 3. The van der Waals surface area contributed by atoms with Crippen molar-refractivity contribution in [1.29, 1.82) is 0 Å². The third kappa shape index (κ3) is 7.11. The first-order valence-corrected chi connectivity index (χ1v) is 11.6. The van der Waals surface area contributed by atoms with E-state index in [1.165, 1.54) is 6.33 Å². The average Bonchev–Trinajstić information content (AvgIpc) is 3.40. The molecule has 13 heteroatoms. The third-order valence-corrected chi connectivity index (χ3v) is 5.38. The second kappa shape index (κ2) is 10.8. The smallest absolute Gasteiger partial charge is 0.397 e. The van der Waals surface area contributed by atoms with Crippen LogP contribution in [-0.4, -0.2) is 47.6 Å². The molecule has 0 spiro atoms. The zero-order valence-corrected chi connectivity index (χ0v) is 19.9. The SMILES string of the molecule is COS(=O)(=O)O.C[C@H]1CO[C@](Cn2cncn2)(c2ccc(Oc3ccc(Cl)cc3)cc2Cl)O1. The van der Waals surface area contributed by atoms with Crippen LogP contribution in [0.1, 0.15) is 12.5 Å². The molecule has 0 bridgehead atoms. The molecule has 1 aliphatic rings. The highest BCUT2D eigenvalue weighted by atomic mass is 35.5. The molecule has 1 N–H and O–H groups in total. The number of halogens is 2. The Bertz CT molecular complexity index is 1160. The molecule has 2 heterocycles. The van der Waals surface area contributed by atoms with Gasteiger partial charge in [-0.3, -0.25) is 8.74 Å². The number of hydrogen-bond acceptors (Lipinski definition) is 8. The van der Waals surface area contributed by atoms with Crippen LogP contribution in [0.5, 0.6) is 11.5 Å². The molecular weight excluding hydrogens is 497 g/mol. The van der Waals surface area contributed by atoms with Crippen molar-refractivity contribution in [1.82, 2.24) is 14.8 Å². The summed E-state index contributed by atoms with van der Waals surface area (Å²) in [7, 11) is -3.29. The van der Waals surface area contributed by atoms with Gasteiger partial charge in [0.2, 0.25) is 5.79 Å². The van der Waals surface area contributed by atoms with Crippen molar-refractivity contribution in [3.05, 3.63) is 70.7 Å². The van der Waals surface area contributed by atoms with Crippen LogP contribution >= 0.6 is 23.2 Å². The summed E-state index contributed by atoms with van der Waals surface area (Å²) >= 11 is 12.5. The minimum atomic E-state index is -4.16. The van der Waals surface area contributed by atoms with Crippen molar-refractivity contribution in [2.24, 2.45) is 0 Å². The van der Waals surface area contributed by atoms with Crippen LogP contribution in [0.2, 0.25) is 10.0 Å². The molecule has 10 nitrogen and oxygen atoms in total. The van der Waals surface area contributed by atoms with Crippen LogP contribution in [0, 0.1) is 0 Å².